The molecular formula is C21H22N2O. The number of nitrogens with zero attached hydrogens (tertiary/aromatic N) is 1. The SMILES string of the molecule is CCc1[nH]c(C(=O)N(C)C)c(-c2ccccc2)c1-c1ccccc1. The van der Waals surface area contributed by atoms with Crippen molar-refractivity contribution in [3.63, 3.8) is 0 Å². The molecule has 0 unspecified atom stereocenters. The van der Waals surface area contributed by atoms with Crippen molar-refractivity contribution < 1.29 is 4.79 Å². The average molecular weight is 318 g/mol. The Kier molecular flexibility index (Phi) is 4.52. The molecule has 0 spiro atoms. The molecule has 1 amide bonds. The Morgan fingerprint density at radius 2 is 1.38 bits per heavy atom. The van der Waals surface area contributed by atoms with Crippen molar-refractivity contribution in [2.24, 2.45) is 0 Å². The molecule has 3 heteroatoms. The molecule has 0 radical (unpaired) electrons. The molecule has 3 rings (SSSR count). The van der Waals surface area contributed by atoms with E-state index in [0.29, 0.717) is 5.69 Å². The van der Waals surface area contributed by atoms with E-state index in [1.807, 2.05) is 36.4 Å². The quantitative estimate of drug-likeness (QED) is 0.749. The molecule has 3 nitrogen and oxygen atoms in total. The fourth-order valence-electron chi connectivity index (χ4n) is 3.02. The predicted molar refractivity (Wildman–Crippen MR) is 99.1 cm³/mol. The second-order valence-corrected chi connectivity index (χ2v) is 6.01. The van der Waals surface area contributed by atoms with Gasteiger partial charge in [0.2, 0.25) is 0 Å². The molecule has 0 fully saturated rings. The molecule has 0 bridgehead atoms. The van der Waals surface area contributed by atoms with Crippen LogP contribution in [0.15, 0.2) is 60.7 Å². The molecule has 0 saturated heterocycles. The van der Waals surface area contributed by atoms with Gasteiger partial charge in [-0.2, -0.15) is 0 Å². The molecule has 0 aliphatic heterocycles. The van der Waals surface area contributed by atoms with Gasteiger partial charge in [-0.05, 0) is 17.5 Å². The van der Waals surface area contributed by atoms with E-state index in [4.69, 9.17) is 0 Å². The van der Waals surface area contributed by atoms with Crippen LogP contribution in [0.2, 0.25) is 0 Å². The highest BCUT2D eigenvalue weighted by atomic mass is 16.2. The minimum Gasteiger partial charge on any atom is -0.353 e. The summed E-state index contributed by atoms with van der Waals surface area (Å²) in [5.41, 5.74) is 6.03. The Morgan fingerprint density at radius 3 is 1.83 bits per heavy atom. The van der Waals surface area contributed by atoms with Crippen LogP contribution in [0.25, 0.3) is 22.3 Å². The Hall–Kier alpha value is -2.81. The molecule has 0 saturated carbocycles. The first-order valence-electron chi connectivity index (χ1n) is 8.20. The minimum absolute atomic E-state index is 0.00858. The van der Waals surface area contributed by atoms with E-state index in [2.05, 4.69) is 36.2 Å². The maximum Gasteiger partial charge on any atom is 0.270 e. The highest BCUT2D eigenvalue weighted by Gasteiger charge is 2.24. The summed E-state index contributed by atoms with van der Waals surface area (Å²) in [4.78, 5) is 17.8. The van der Waals surface area contributed by atoms with Crippen LogP contribution < -0.4 is 0 Å². The van der Waals surface area contributed by atoms with Gasteiger partial charge in [0, 0.05) is 30.9 Å². The molecule has 3 aromatic rings. The average Bonchev–Trinajstić information content (AvgIpc) is 3.02. The molecular weight excluding hydrogens is 296 g/mol. The number of H-pyrrole nitrogens is 1. The molecule has 0 aliphatic rings. The summed E-state index contributed by atoms with van der Waals surface area (Å²) in [7, 11) is 3.57. The molecule has 1 heterocycles. The highest BCUT2D eigenvalue weighted by Crippen LogP contribution is 2.38. The fourth-order valence-corrected chi connectivity index (χ4v) is 3.02. The van der Waals surface area contributed by atoms with Crippen molar-refractivity contribution in [2.75, 3.05) is 14.1 Å². The number of carbonyl (C=O) groups excluding carboxylic acids is 1. The normalized spacial score (nSPS) is 10.6. The number of aromatic nitrogens is 1. The third kappa shape index (κ3) is 2.85. The van der Waals surface area contributed by atoms with Crippen molar-refractivity contribution in [1.82, 2.24) is 9.88 Å². The first kappa shape index (κ1) is 16.1. The van der Waals surface area contributed by atoms with Gasteiger partial charge in [-0.3, -0.25) is 4.79 Å². The van der Waals surface area contributed by atoms with Crippen LogP contribution in [-0.2, 0) is 6.42 Å². The lowest BCUT2D eigenvalue weighted by Crippen LogP contribution is -2.22. The Balaban J connectivity index is 2.33. The van der Waals surface area contributed by atoms with Crippen LogP contribution in [0.5, 0.6) is 0 Å². The lowest BCUT2D eigenvalue weighted by atomic mass is 9.94. The van der Waals surface area contributed by atoms with Crippen LogP contribution in [0.3, 0.4) is 0 Å². The minimum atomic E-state index is -0.00858. The number of carbonyl (C=O) groups is 1. The van der Waals surface area contributed by atoms with Gasteiger partial charge >= 0.3 is 0 Å². The number of rotatable bonds is 4. The molecule has 1 aromatic heterocycles. The first-order chi connectivity index (χ1) is 11.6. The van der Waals surface area contributed by atoms with Gasteiger partial charge in [0.05, 0.1) is 0 Å². The van der Waals surface area contributed by atoms with Gasteiger partial charge in [0.1, 0.15) is 5.69 Å². The van der Waals surface area contributed by atoms with Gasteiger partial charge in [-0.1, -0.05) is 67.6 Å². The van der Waals surface area contributed by atoms with Crippen molar-refractivity contribution in [3.05, 3.63) is 72.1 Å². The maximum absolute atomic E-state index is 12.7. The summed E-state index contributed by atoms with van der Waals surface area (Å²) in [6.45, 7) is 2.11. The first-order valence-corrected chi connectivity index (χ1v) is 8.20. The molecule has 24 heavy (non-hydrogen) atoms. The van der Waals surface area contributed by atoms with Crippen molar-refractivity contribution >= 4 is 5.91 Å². The van der Waals surface area contributed by atoms with E-state index in [1.165, 1.54) is 0 Å². The summed E-state index contributed by atoms with van der Waals surface area (Å²) in [6, 6.07) is 20.4. The van der Waals surface area contributed by atoms with Crippen molar-refractivity contribution in [2.45, 2.75) is 13.3 Å². The molecule has 1 N–H and O–H groups in total. The number of aromatic amines is 1. The second-order valence-electron chi connectivity index (χ2n) is 6.01. The predicted octanol–water partition coefficient (Wildman–Crippen LogP) is 4.61. The van der Waals surface area contributed by atoms with Crippen LogP contribution in [-0.4, -0.2) is 29.9 Å². The molecule has 122 valence electrons. The number of hydrogen-bond donors (Lipinski definition) is 1. The largest absolute Gasteiger partial charge is 0.353 e. The number of amides is 1. The van der Waals surface area contributed by atoms with Crippen LogP contribution in [0.1, 0.15) is 23.1 Å². The van der Waals surface area contributed by atoms with Gasteiger partial charge in [-0.25, -0.2) is 0 Å². The van der Waals surface area contributed by atoms with Gasteiger partial charge in [0.25, 0.3) is 5.91 Å². The standard InChI is InChI=1S/C21H22N2O/c1-4-17-18(15-11-7-5-8-12-15)19(16-13-9-6-10-14-16)20(22-17)21(24)23(2)3/h5-14,22H,4H2,1-3H3. The van der Waals surface area contributed by atoms with Crippen LogP contribution in [0.4, 0.5) is 0 Å². The fraction of sp³-hybridized carbons (Fsp3) is 0.190. The Bertz CT molecular complexity index is 833. The van der Waals surface area contributed by atoms with E-state index in [0.717, 1.165) is 34.4 Å². The molecule has 0 atom stereocenters. The zero-order valence-electron chi connectivity index (χ0n) is 14.3. The smallest absolute Gasteiger partial charge is 0.270 e. The topological polar surface area (TPSA) is 36.1 Å². The lowest BCUT2D eigenvalue weighted by molar-refractivity contribution is 0.0823. The van der Waals surface area contributed by atoms with Crippen molar-refractivity contribution in [3.8, 4) is 22.3 Å². The number of aryl methyl sites for hydroxylation is 1. The van der Waals surface area contributed by atoms with E-state index in [-0.39, 0.29) is 5.91 Å². The van der Waals surface area contributed by atoms with Gasteiger partial charge in [0.15, 0.2) is 0 Å². The zero-order chi connectivity index (χ0) is 17.1. The summed E-state index contributed by atoms with van der Waals surface area (Å²) < 4.78 is 0. The van der Waals surface area contributed by atoms with Crippen LogP contribution >= 0.6 is 0 Å². The summed E-state index contributed by atoms with van der Waals surface area (Å²) in [6.07, 6.45) is 0.838. The monoisotopic (exact) mass is 318 g/mol. The maximum atomic E-state index is 12.7. The number of hydrogen-bond acceptors (Lipinski definition) is 1. The highest BCUT2D eigenvalue weighted by molar-refractivity contribution is 6.04. The Labute approximate surface area is 143 Å². The number of nitrogens with one attached hydrogen (secondary N) is 1. The summed E-state index contributed by atoms with van der Waals surface area (Å²) in [5, 5.41) is 0. The third-order valence-electron chi connectivity index (χ3n) is 4.18. The van der Waals surface area contributed by atoms with E-state index in [1.54, 1.807) is 19.0 Å². The molecule has 2 aromatic carbocycles. The van der Waals surface area contributed by atoms with E-state index in [9.17, 15) is 4.79 Å². The van der Waals surface area contributed by atoms with E-state index < -0.39 is 0 Å². The summed E-state index contributed by atoms with van der Waals surface area (Å²) in [5.74, 6) is -0.00858. The van der Waals surface area contributed by atoms with Gasteiger partial charge < -0.3 is 9.88 Å². The zero-order valence-corrected chi connectivity index (χ0v) is 14.3. The van der Waals surface area contributed by atoms with Crippen molar-refractivity contribution in [1.29, 1.82) is 0 Å². The second kappa shape index (κ2) is 6.75. The lowest BCUT2D eigenvalue weighted by Gasteiger charge is -2.12. The van der Waals surface area contributed by atoms with E-state index >= 15 is 0 Å². The summed E-state index contributed by atoms with van der Waals surface area (Å²) >= 11 is 0. The molecule has 0 aliphatic carbocycles. The van der Waals surface area contributed by atoms with Crippen LogP contribution in [0, 0.1) is 0 Å². The number of benzene rings is 2. The Morgan fingerprint density at radius 1 is 0.875 bits per heavy atom. The third-order valence-corrected chi connectivity index (χ3v) is 4.18. The van der Waals surface area contributed by atoms with Gasteiger partial charge in [-0.15, -0.1) is 0 Å².